The lowest BCUT2D eigenvalue weighted by Crippen LogP contribution is -2.20. The quantitative estimate of drug-likeness (QED) is 0.246. The van der Waals surface area contributed by atoms with Gasteiger partial charge in [-0.05, 0) is 91.2 Å². The Morgan fingerprint density at radius 2 is 1.30 bits per heavy atom. The van der Waals surface area contributed by atoms with Crippen molar-refractivity contribution in [3.63, 3.8) is 0 Å². The average molecular weight is 446 g/mol. The molecule has 0 fully saturated rings. The number of ether oxygens (including phenoxy) is 3. The summed E-state index contributed by atoms with van der Waals surface area (Å²) in [5, 5.41) is 0. The summed E-state index contributed by atoms with van der Waals surface area (Å²) in [4.78, 5) is 28.9. The average Bonchev–Trinajstić information content (AvgIpc) is 2.83. The van der Waals surface area contributed by atoms with Crippen molar-refractivity contribution < 1.29 is 23.8 Å². The molecule has 33 heavy (non-hydrogen) atoms. The molecule has 6 heteroatoms. The summed E-state index contributed by atoms with van der Waals surface area (Å²) in [6.07, 6.45) is 1.55. The fraction of sp³-hybridized carbons (Fsp3) is 0.222. The highest BCUT2D eigenvalue weighted by Crippen LogP contribution is 2.18. The Morgan fingerprint density at radius 1 is 0.758 bits per heavy atom. The van der Waals surface area contributed by atoms with E-state index in [0.29, 0.717) is 28.3 Å². The molecule has 170 valence electrons. The zero-order valence-electron chi connectivity index (χ0n) is 19.1. The molecule has 0 saturated carbocycles. The first kappa shape index (κ1) is 23.7. The van der Waals surface area contributed by atoms with Crippen LogP contribution >= 0.6 is 0 Å². The Labute approximate surface area is 193 Å². The Bertz CT molecular complexity index is 1100. The van der Waals surface area contributed by atoms with Gasteiger partial charge in [0.05, 0.1) is 23.9 Å². The molecular weight excluding hydrogens is 418 g/mol. The van der Waals surface area contributed by atoms with Crippen LogP contribution in [0.5, 0.6) is 11.5 Å². The second-order valence-corrected chi connectivity index (χ2v) is 7.85. The minimum absolute atomic E-state index is 0.145. The molecule has 0 bridgehead atoms. The van der Waals surface area contributed by atoms with Gasteiger partial charge in [-0.15, -0.1) is 0 Å². The summed E-state index contributed by atoms with van der Waals surface area (Å²) in [6, 6.07) is 20.7. The molecule has 0 amide bonds. The predicted molar refractivity (Wildman–Crippen MR) is 128 cm³/mol. The third-order valence-electron chi connectivity index (χ3n) is 5.11. The topological polar surface area (TPSA) is 74.2 Å². The second kappa shape index (κ2) is 11.1. The summed E-state index contributed by atoms with van der Waals surface area (Å²) in [6.45, 7) is 5.90. The number of rotatable bonds is 8. The van der Waals surface area contributed by atoms with Crippen molar-refractivity contribution in [3.05, 3.63) is 89.5 Å². The van der Waals surface area contributed by atoms with Gasteiger partial charge in [-0.1, -0.05) is 13.8 Å². The van der Waals surface area contributed by atoms with E-state index in [2.05, 4.69) is 4.99 Å². The van der Waals surface area contributed by atoms with E-state index in [1.54, 1.807) is 86.1 Å². The molecule has 6 nitrogen and oxygen atoms in total. The molecule has 0 aromatic heterocycles. The summed E-state index contributed by atoms with van der Waals surface area (Å²) in [5.74, 6) is 0.583. The number of aliphatic imine (C=N–C) groups is 1. The normalized spacial score (nSPS) is 11.9. The maximum absolute atomic E-state index is 12.3. The van der Waals surface area contributed by atoms with Crippen molar-refractivity contribution in [3.8, 4) is 11.5 Å². The standard InChI is InChI=1S/C27H27NO5/c1-18(2)19(3)32-26(29)21-7-11-23(12-8-21)28-17-20-5-13-25(14-6-20)33-27(30)22-9-15-24(31-4)16-10-22/h5-19H,1-4H3. The van der Waals surface area contributed by atoms with Gasteiger partial charge in [-0.25, -0.2) is 9.59 Å². The van der Waals surface area contributed by atoms with E-state index in [9.17, 15) is 9.59 Å². The van der Waals surface area contributed by atoms with E-state index in [1.807, 2.05) is 20.8 Å². The number of methoxy groups -OCH3 is 1. The highest BCUT2D eigenvalue weighted by atomic mass is 16.5. The lowest BCUT2D eigenvalue weighted by atomic mass is 10.1. The van der Waals surface area contributed by atoms with Gasteiger partial charge < -0.3 is 14.2 Å². The maximum Gasteiger partial charge on any atom is 0.343 e. The van der Waals surface area contributed by atoms with Gasteiger partial charge in [0.2, 0.25) is 0 Å². The highest BCUT2D eigenvalue weighted by Gasteiger charge is 2.14. The second-order valence-electron chi connectivity index (χ2n) is 7.85. The van der Waals surface area contributed by atoms with Gasteiger partial charge >= 0.3 is 11.9 Å². The van der Waals surface area contributed by atoms with E-state index in [4.69, 9.17) is 14.2 Å². The fourth-order valence-corrected chi connectivity index (χ4v) is 2.72. The Balaban J connectivity index is 1.57. The van der Waals surface area contributed by atoms with Crippen molar-refractivity contribution in [2.75, 3.05) is 7.11 Å². The first-order chi connectivity index (χ1) is 15.9. The minimum Gasteiger partial charge on any atom is -0.497 e. The molecule has 1 atom stereocenters. The molecule has 3 aromatic rings. The van der Waals surface area contributed by atoms with E-state index in [-0.39, 0.29) is 18.0 Å². The monoisotopic (exact) mass is 445 g/mol. The van der Waals surface area contributed by atoms with Crippen molar-refractivity contribution in [1.82, 2.24) is 0 Å². The summed E-state index contributed by atoms with van der Waals surface area (Å²) >= 11 is 0. The van der Waals surface area contributed by atoms with E-state index in [1.165, 1.54) is 0 Å². The third kappa shape index (κ3) is 6.77. The van der Waals surface area contributed by atoms with Crippen LogP contribution in [0, 0.1) is 5.92 Å². The largest absolute Gasteiger partial charge is 0.497 e. The van der Waals surface area contributed by atoms with Crippen LogP contribution < -0.4 is 9.47 Å². The Morgan fingerprint density at radius 3 is 1.88 bits per heavy atom. The lowest BCUT2D eigenvalue weighted by Gasteiger charge is -2.16. The molecule has 3 aromatic carbocycles. The summed E-state index contributed by atoms with van der Waals surface area (Å²) < 4.78 is 15.9. The molecule has 0 N–H and O–H groups in total. The molecule has 1 unspecified atom stereocenters. The van der Waals surface area contributed by atoms with Crippen LogP contribution in [-0.4, -0.2) is 31.4 Å². The van der Waals surface area contributed by atoms with E-state index >= 15 is 0 Å². The van der Waals surface area contributed by atoms with Gasteiger partial charge in [0.1, 0.15) is 17.6 Å². The van der Waals surface area contributed by atoms with Crippen LogP contribution in [0.1, 0.15) is 47.1 Å². The lowest BCUT2D eigenvalue weighted by molar-refractivity contribution is 0.0238. The number of benzene rings is 3. The van der Waals surface area contributed by atoms with Gasteiger partial charge in [-0.2, -0.15) is 0 Å². The van der Waals surface area contributed by atoms with Crippen LogP contribution in [0.15, 0.2) is 77.8 Å². The SMILES string of the molecule is COc1ccc(C(=O)Oc2ccc(C=Nc3ccc(C(=O)OC(C)C(C)C)cc3)cc2)cc1. The van der Waals surface area contributed by atoms with Crippen LogP contribution in [0.4, 0.5) is 5.69 Å². The predicted octanol–water partition coefficient (Wildman–Crippen LogP) is 5.87. The van der Waals surface area contributed by atoms with E-state index in [0.717, 1.165) is 5.56 Å². The number of esters is 2. The van der Waals surface area contributed by atoms with Gasteiger partial charge in [0.25, 0.3) is 0 Å². The van der Waals surface area contributed by atoms with Gasteiger partial charge in [0, 0.05) is 6.21 Å². The molecule has 0 heterocycles. The number of carbonyl (C=O) groups excluding carboxylic acids is 2. The number of hydrogen-bond donors (Lipinski definition) is 0. The number of carbonyl (C=O) groups is 2. The Hall–Kier alpha value is -3.93. The maximum atomic E-state index is 12.3. The van der Waals surface area contributed by atoms with Crippen molar-refractivity contribution in [2.24, 2.45) is 10.9 Å². The van der Waals surface area contributed by atoms with E-state index < -0.39 is 5.97 Å². The number of hydrogen-bond acceptors (Lipinski definition) is 6. The van der Waals surface area contributed by atoms with Crippen molar-refractivity contribution >= 4 is 23.8 Å². The minimum atomic E-state index is -0.444. The smallest absolute Gasteiger partial charge is 0.343 e. The molecule has 0 aliphatic carbocycles. The van der Waals surface area contributed by atoms with Crippen LogP contribution in [0.3, 0.4) is 0 Å². The number of nitrogens with zero attached hydrogens (tertiary/aromatic N) is 1. The Kier molecular flexibility index (Phi) is 7.97. The zero-order valence-corrected chi connectivity index (χ0v) is 19.1. The summed E-state index contributed by atoms with van der Waals surface area (Å²) in [5.41, 5.74) is 2.48. The molecule has 0 saturated heterocycles. The van der Waals surface area contributed by atoms with Crippen molar-refractivity contribution in [2.45, 2.75) is 26.9 Å². The highest BCUT2D eigenvalue weighted by molar-refractivity contribution is 5.91. The molecule has 0 aliphatic heterocycles. The zero-order chi connectivity index (χ0) is 23.8. The fourth-order valence-electron chi connectivity index (χ4n) is 2.72. The molecule has 0 spiro atoms. The van der Waals surface area contributed by atoms with Gasteiger partial charge in [-0.3, -0.25) is 4.99 Å². The van der Waals surface area contributed by atoms with Crippen LogP contribution in [-0.2, 0) is 4.74 Å². The van der Waals surface area contributed by atoms with Gasteiger partial charge in [0.15, 0.2) is 0 Å². The third-order valence-corrected chi connectivity index (χ3v) is 5.11. The van der Waals surface area contributed by atoms with Crippen molar-refractivity contribution in [1.29, 1.82) is 0 Å². The molecule has 0 radical (unpaired) electrons. The van der Waals surface area contributed by atoms with Crippen LogP contribution in [0.2, 0.25) is 0 Å². The first-order valence-electron chi connectivity index (χ1n) is 10.7. The molecule has 0 aliphatic rings. The van der Waals surface area contributed by atoms with Crippen LogP contribution in [0.25, 0.3) is 0 Å². The molecular formula is C27H27NO5. The molecule has 3 rings (SSSR count). The summed E-state index contributed by atoms with van der Waals surface area (Å²) in [7, 11) is 1.57. The first-order valence-corrected chi connectivity index (χ1v) is 10.7.